The summed E-state index contributed by atoms with van der Waals surface area (Å²) in [6.45, 7) is 0. The molecule has 1 amide bonds. The van der Waals surface area contributed by atoms with Gasteiger partial charge in [-0.15, -0.1) is 11.3 Å². The number of benzene rings is 1. The van der Waals surface area contributed by atoms with Crippen molar-refractivity contribution < 1.29 is 9.53 Å². The molecular weight excluding hydrogens is 308 g/mol. The number of nitrogens with one attached hydrogen (secondary N) is 1. The van der Waals surface area contributed by atoms with Gasteiger partial charge in [0.1, 0.15) is 10.6 Å². The molecular formula is C18H20N2O2S. The van der Waals surface area contributed by atoms with Crippen molar-refractivity contribution in [2.75, 3.05) is 5.32 Å². The summed E-state index contributed by atoms with van der Waals surface area (Å²) in [5, 5.41) is 4.04. The molecule has 5 heteroatoms. The second-order valence-corrected chi connectivity index (χ2v) is 7.41. The fourth-order valence-corrected chi connectivity index (χ4v) is 3.93. The van der Waals surface area contributed by atoms with Gasteiger partial charge < -0.3 is 10.1 Å². The van der Waals surface area contributed by atoms with Crippen LogP contribution in [0.15, 0.2) is 30.5 Å². The van der Waals surface area contributed by atoms with Crippen LogP contribution in [0.2, 0.25) is 0 Å². The maximum absolute atomic E-state index is 12.3. The lowest BCUT2D eigenvalue weighted by molar-refractivity contribution is 0.103. The molecule has 4 rings (SSSR count). The normalized spacial score (nSPS) is 18.1. The van der Waals surface area contributed by atoms with E-state index in [9.17, 15) is 4.79 Å². The zero-order chi connectivity index (χ0) is 15.6. The van der Waals surface area contributed by atoms with Crippen molar-refractivity contribution in [2.24, 2.45) is 0 Å². The Morgan fingerprint density at radius 3 is 2.83 bits per heavy atom. The Kier molecular flexibility index (Phi) is 4.04. The van der Waals surface area contributed by atoms with Crippen LogP contribution in [0.1, 0.15) is 59.1 Å². The van der Waals surface area contributed by atoms with E-state index in [2.05, 4.69) is 10.3 Å². The third-order valence-electron chi connectivity index (χ3n) is 4.37. The van der Waals surface area contributed by atoms with Crippen LogP contribution in [0.5, 0.6) is 5.75 Å². The van der Waals surface area contributed by atoms with Crippen LogP contribution in [0, 0.1) is 0 Å². The number of ether oxygens (including phenoxy) is 1. The average Bonchev–Trinajstić information content (AvgIpc) is 3.07. The lowest BCUT2D eigenvalue weighted by Crippen LogP contribution is -2.12. The minimum atomic E-state index is -0.0904. The summed E-state index contributed by atoms with van der Waals surface area (Å²) < 4.78 is 5.99. The molecule has 0 unspecified atom stereocenters. The number of hydrogen-bond acceptors (Lipinski definition) is 4. The van der Waals surface area contributed by atoms with Gasteiger partial charge in [0, 0.05) is 17.7 Å². The quantitative estimate of drug-likeness (QED) is 0.873. The number of nitrogens with zero attached hydrogens (tertiary/aromatic N) is 1. The fourth-order valence-electron chi connectivity index (χ4n) is 2.95. The first-order chi connectivity index (χ1) is 11.3. The largest absolute Gasteiger partial charge is 0.490 e. The summed E-state index contributed by atoms with van der Waals surface area (Å²) in [6, 6.07) is 7.66. The second-order valence-electron chi connectivity index (χ2n) is 6.34. The van der Waals surface area contributed by atoms with Crippen molar-refractivity contribution in [2.45, 2.75) is 50.5 Å². The standard InChI is InChI=1S/C18H20N2O2S/c21-17(16-11-19-18(23-16)12-8-9-12)20-13-4-3-7-15(10-13)22-14-5-1-2-6-14/h3-4,7,10-12,14H,1-2,5-6,8-9H2,(H,20,21). The number of rotatable bonds is 5. The summed E-state index contributed by atoms with van der Waals surface area (Å²) in [5.74, 6) is 1.33. The summed E-state index contributed by atoms with van der Waals surface area (Å²) in [7, 11) is 0. The molecule has 23 heavy (non-hydrogen) atoms. The number of aromatic nitrogens is 1. The fraction of sp³-hybridized carbons (Fsp3) is 0.444. The monoisotopic (exact) mass is 328 g/mol. The number of carbonyl (C=O) groups is 1. The maximum atomic E-state index is 12.3. The Morgan fingerprint density at radius 1 is 1.22 bits per heavy atom. The molecule has 1 aromatic carbocycles. The van der Waals surface area contributed by atoms with Gasteiger partial charge in [-0.1, -0.05) is 6.07 Å². The number of thiazole rings is 1. The summed E-state index contributed by atoms with van der Waals surface area (Å²) in [6.07, 6.45) is 9.16. The van der Waals surface area contributed by atoms with Gasteiger partial charge in [-0.3, -0.25) is 4.79 Å². The molecule has 1 heterocycles. The summed E-state index contributed by atoms with van der Waals surface area (Å²) in [4.78, 5) is 17.4. The smallest absolute Gasteiger partial charge is 0.267 e. The van der Waals surface area contributed by atoms with Crippen LogP contribution in [0.25, 0.3) is 0 Å². The lowest BCUT2D eigenvalue weighted by atomic mass is 10.2. The molecule has 120 valence electrons. The van der Waals surface area contributed by atoms with E-state index < -0.39 is 0 Å². The van der Waals surface area contributed by atoms with Gasteiger partial charge in [-0.05, 0) is 50.7 Å². The Labute approximate surface area is 139 Å². The highest BCUT2D eigenvalue weighted by molar-refractivity contribution is 7.13. The Bertz CT molecular complexity index is 703. The minimum Gasteiger partial charge on any atom is -0.490 e. The molecule has 0 bridgehead atoms. The first-order valence-corrected chi connectivity index (χ1v) is 9.13. The van der Waals surface area contributed by atoms with Gasteiger partial charge in [0.15, 0.2) is 0 Å². The van der Waals surface area contributed by atoms with Crippen molar-refractivity contribution in [3.63, 3.8) is 0 Å². The van der Waals surface area contributed by atoms with E-state index in [4.69, 9.17) is 4.74 Å². The molecule has 2 aliphatic rings. The van der Waals surface area contributed by atoms with Crippen LogP contribution in [0.3, 0.4) is 0 Å². The van der Waals surface area contributed by atoms with Crippen molar-refractivity contribution in [3.8, 4) is 5.75 Å². The second kappa shape index (κ2) is 6.32. The number of hydrogen-bond donors (Lipinski definition) is 1. The van der Waals surface area contributed by atoms with Gasteiger partial charge >= 0.3 is 0 Å². The highest BCUT2D eigenvalue weighted by atomic mass is 32.1. The Balaban J connectivity index is 1.41. The van der Waals surface area contributed by atoms with Gasteiger partial charge in [0.05, 0.1) is 17.3 Å². The van der Waals surface area contributed by atoms with Gasteiger partial charge in [-0.25, -0.2) is 4.98 Å². The molecule has 1 N–H and O–H groups in total. The number of carbonyl (C=O) groups excluding carboxylic acids is 1. The van der Waals surface area contributed by atoms with Crippen LogP contribution >= 0.6 is 11.3 Å². The highest BCUT2D eigenvalue weighted by Gasteiger charge is 2.27. The van der Waals surface area contributed by atoms with Crippen LogP contribution < -0.4 is 10.1 Å². The van der Waals surface area contributed by atoms with E-state index in [0.717, 1.165) is 29.3 Å². The highest BCUT2D eigenvalue weighted by Crippen LogP contribution is 2.41. The third kappa shape index (κ3) is 3.55. The SMILES string of the molecule is O=C(Nc1cccc(OC2CCCC2)c1)c1cnc(C2CC2)s1. The van der Waals surface area contributed by atoms with E-state index >= 15 is 0 Å². The number of amides is 1. The van der Waals surface area contributed by atoms with Crippen LogP contribution in [-0.4, -0.2) is 17.0 Å². The molecule has 0 radical (unpaired) electrons. The van der Waals surface area contributed by atoms with E-state index in [-0.39, 0.29) is 5.91 Å². The maximum Gasteiger partial charge on any atom is 0.267 e. The van der Waals surface area contributed by atoms with Crippen molar-refractivity contribution in [3.05, 3.63) is 40.3 Å². The van der Waals surface area contributed by atoms with Gasteiger partial charge in [-0.2, -0.15) is 0 Å². The summed E-state index contributed by atoms with van der Waals surface area (Å²) >= 11 is 1.51. The minimum absolute atomic E-state index is 0.0904. The lowest BCUT2D eigenvalue weighted by Gasteiger charge is -2.14. The zero-order valence-electron chi connectivity index (χ0n) is 13.0. The van der Waals surface area contributed by atoms with Crippen molar-refractivity contribution in [1.29, 1.82) is 0 Å². The molecule has 0 spiro atoms. The Morgan fingerprint density at radius 2 is 2.04 bits per heavy atom. The predicted octanol–water partition coefficient (Wildman–Crippen LogP) is 4.59. The summed E-state index contributed by atoms with van der Waals surface area (Å²) in [5.41, 5.74) is 0.770. The van der Waals surface area contributed by atoms with E-state index in [1.54, 1.807) is 6.20 Å². The first kappa shape index (κ1) is 14.7. The first-order valence-electron chi connectivity index (χ1n) is 8.32. The molecule has 0 aliphatic heterocycles. The van der Waals surface area contributed by atoms with Crippen LogP contribution in [-0.2, 0) is 0 Å². The van der Waals surface area contributed by atoms with E-state index in [1.165, 1.54) is 37.0 Å². The predicted molar refractivity (Wildman–Crippen MR) is 91.4 cm³/mol. The molecule has 2 aliphatic carbocycles. The zero-order valence-corrected chi connectivity index (χ0v) is 13.8. The Hall–Kier alpha value is -1.88. The average molecular weight is 328 g/mol. The van der Waals surface area contributed by atoms with Crippen molar-refractivity contribution >= 4 is 22.9 Å². The van der Waals surface area contributed by atoms with Gasteiger partial charge in [0.2, 0.25) is 0 Å². The molecule has 2 aromatic rings. The van der Waals surface area contributed by atoms with E-state index in [1.807, 2.05) is 24.3 Å². The topological polar surface area (TPSA) is 51.2 Å². The van der Waals surface area contributed by atoms with Crippen molar-refractivity contribution in [1.82, 2.24) is 4.98 Å². The van der Waals surface area contributed by atoms with Crippen LogP contribution in [0.4, 0.5) is 5.69 Å². The molecule has 2 fully saturated rings. The third-order valence-corrected chi connectivity index (χ3v) is 5.53. The molecule has 0 saturated heterocycles. The molecule has 0 atom stereocenters. The molecule has 1 aromatic heterocycles. The van der Waals surface area contributed by atoms with E-state index in [0.29, 0.717) is 16.9 Å². The molecule has 4 nitrogen and oxygen atoms in total. The van der Waals surface area contributed by atoms with Gasteiger partial charge in [0.25, 0.3) is 5.91 Å². The molecule has 2 saturated carbocycles. The number of anilines is 1.